The second-order valence-corrected chi connectivity index (χ2v) is 8.51. The lowest BCUT2D eigenvalue weighted by Crippen LogP contribution is -2.18. The van der Waals surface area contributed by atoms with Gasteiger partial charge in [0.1, 0.15) is 5.75 Å². The third kappa shape index (κ3) is 6.22. The normalized spacial score (nSPS) is 10.8. The highest BCUT2D eigenvalue weighted by molar-refractivity contribution is 6.10. The molecule has 0 atom stereocenters. The molecule has 2 amide bonds. The molecule has 0 aliphatic heterocycles. The third-order valence-electron chi connectivity index (χ3n) is 5.44. The van der Waals surface area contributed by atoms with Crippen LogP contribution in [0.1, 0.15) is 47.6 Å². The SMILES string of the molecule is COc1cccc(NC(=O)c2ccccc2NC(=O)CCc2c(C)nn(CC(C)C)c2C)c1. The highest BCUT2D eigenvalue weighted by Gasteiger charge is 2.16. The lowest BCUT2D eigenvalue weighted by atomic mass is 10.1. The molecule has 0 saturated carbocycles. The van der Waals surface area contributed by atoms with Gasteiger partial charge in [-0.2, -0.15) is 5.10 Å². The third-order valence-corrected chi connectivity index (χ3v) is 5.44. The molecule has 0 radical (unpaired) electrons. The van der Waals surface area contributed by atoms with Crippen LogP contribution in [0, 0.1) is 19.8 Å². The van der Waals surface area contributed by atoms with E-state index < -0.39 is 0 Å². The molecule has 3 aromatic rings. The lowest BCUT2D eigenvalue weighted by Gasteiger charge is -2.12. The fourth-order valence-electron chi connectivity index (χ4n) is 3.76. The Morgan fingerprint density at radius 1 is 1.06 bits per heavy atom. The Morgan fingerprint density at radius 3 is 2.55 bits per heavy atom. The van der Waals surface area contributed by atoms with Crippen molar-refractivity contribution >= 4 is 23.2 Å². The monoisotopic (exact) mass is 448 g/mol. The Hall–Kier alpha value is -3.61. The number of carbonyl (C=O) groups excluding carboxylic acids is 2. The number of rotatable bonds is 9. The molecule has 0 bridgehead atoms. The first-order chi connectivity index (χ1) is 15.8. The fraction of sp³-hybridized carbons (Fsp3) is 0.346. The molecule has 0 unspecified atom stereocenters. The van der Waals surface area contributed by atoms with Gasteiger partial charge in [-0.1, -0.05) is 32.0 Å². The quantitative estimate of drug-likeness (QED) is 0.483. The van der Waals surface area contributed by atoms with Crippen LogP contribution in [0.5, 0.6) is 5.75 Å². The number of ether oxygens (including phenoxy) is 1. The van der Waals surface area contributed by atoms with Crippen LogP contribution in [0.15, 0.2) is 48.5 Å². The maximum absolute atomic E-state index is 12.9. The number of benzene rings is 2. The van der Waals surface area contributed by atoms with E-state index in [1.807, 2.05) is 18.5 Å². The maximum Gasteiger partial charge on any atom is 0.257 e. The summed E-state index contributed by atoms with van der Waals surface area (Å²) in [6, 6.07) is 14.1. The summed E-state index contributed by atoms with van der Waals surface area (Å²) in [7, 11) is 1.57. The van der Waals surface area contributed by atoms with Gasteiger partial charge in [0.05, 0.1) is 24.1 Å². The molecule has 2 N–H and O–H groups in total. The van der Waals surface area contributed by atoms with Crippen molar-refractivity contribution in [2.45, 2.75) is 47.1 Å². The van der Waals surface area contributed by atoms with Crippen LogP contribution in [0.4, 0.5) is 11.4 Å². The Labute approximate surface area is 195 Å². The smallest absolute Gasteiger partial charge is 0.257 e. The number of hydrogen-bond donors (Lipinski definition) is 2. The second kappa shape index (κ2) is 10.8. The number of aryl methyl sites for hydroxylation is 1. The molecule has 0 saturated heterocycles. The number of aromatic nitrogens is 2. The minimum Gasteiger partial charge on any atom is -0.497 e. The average molecular weight is 449 g/mol. The first-order valence-corrected chi connectivity index (χ1v) is 11.2. The molecule has 0 fully saturated rings. The van der Waals surface area contributed by atoms with Gasteiger partial charge in [0.25, 0.3) is 5.91 Å². The van der Waals surface area contributed by atoms with Gasteiger partial charge in [-0.25, -0.2) is 0 Å². The van der Waals surface area contributed by atoms with Crippen molar-refractivity contribution in [3.63, 3.8) is 0 Å². The highest BCUT2D eigenvalue weighted by atomic mass is 16.5. The summed E-state index contributed by atoms with van der Waals surface area (Å²) in [6.45, 7) is 9.20. The summed E-state index contributed by atoms with van der Waals surface area (Å²) in [6.07, 6.45) is 0.903. The van der Waals surface area contributed by atoms with E-state index in [-0.39, 0.29) is 11.8 Å². The molecule has 0 aliphatic carbocycles. The van der Waals surface area contributed by atoms with Crippen LogP contribution in [0.3, 0.4) is 0 Å². The van der Waals surface area contributed by atoms with Crippen molar-refractivity contribution in [1.82, 2.24) is 9.78 Å². The zero-order valence-corrected chi connectivity index (χ0v) is 19.9. The molecule has 3 rings (SSSR count). The van der Waals surface area contributed by atoms with E-state index in [1.54, 1.807) is 55.6 Å². The second-order valence-electron chi connectivity index (χ2n) is 8.51. The number of nitrogens with one attached hydrogen (secondary N) is 2. The van der Waals surface area contributed by atoms with Gasteiger partial charge >= 0.3 is 0 Å². The van der Waals surface area contributed by atoms with Crippen LogP contribution in [0.2, 0.25) is 0 Å². The molecule has 1 heterocycles. The van der Waals surface area contributed by atoms with E-state index in [2.05, 4.69) is 29.6 Å². The standard InChI is InChI=1S/C26H32N4O3/c1-17(2)16-30-19(4)22(18(3)29-30)13-14-25(31)28-24-12-7-6-11-23(24)26(32)27-20-9-8-10-21(15-20)33-5/h6-12,15,17H,13-14,16H2,1-5H3,(H,27,32)(H,28,31). The van der Waals surface area contributed by atoms with Gasteiger partial charge in [0.2, 0.25) is 5.91 Å². The Morgan fingerprint density at radius 2 is 1.82 bits per heavy atom. The van der Waals surface area contributed by atoms with Crippen LogP contribution >= 0.6 is 0 Å². The van der Waals surface area contributed by atoms with E-state index >= 15 is 0 Å². The van der Waals surface area contributed by atoms with Crippen LogP contribution in [-0.2, 0) is 17.8 Å². The summed E-state index contributed by atoms with van der Waals surface area (Å²) >= 11 is 0. The number of amides is 2. The van der Waals surface area contributed by atoms with Crippen molar-refractivity contribution in [3.8, 4) is 5.75 Å². The molecular weight excluding hydrogens is 416 g/mol. The molecule has 1 aromatic heterocycles. The number of hydrogen-bond acceptors (Lipinski definition) is 4. The Kier molecular flexibility index (Phi) is 7.87. The largest absolute Gasteiger partial charge is 0.497 e. The molecule has 2 aromatic carbocycles. The molecule has 0 spiro atoms. The van der Waals surface area contributed by atoms with Crippen LogP contribution < -0.4 is 15.4 Å². The van der Waals surface area contributed by atoms with Gasteiger partial charge < -0.3 is 15.4 Å². The van der Waals surface area contributed by atoms with E-state index in [1.165, 1.54) is 0 Å². The number of carbonyl (C=O) groups is 2. The zero-order valence-electron chi connectivity index (χ0n) is 19.9. The first kappa shape index (κ1) is 24.0. The number of nitrogens with zero attached hydrogens (tertiary/aromatic N) is 2. The fourth-order valence-corrected chi connectivity index (χ4v) is 3.76. The first-order valence-electron chi connectivity index (χ1n) is 11.2. The van der Waals surface area contributed by atoms with Crippen LogP contribution in [-0.4, -0.2) is 28.7 Å². The van der Waals surface area contributed by atoms with E-state index in [0.29, 0.717) is 41.4 Å². The molecule has 0 aliphatic rings. The van der Waals surface area contributed by atoms with Crippen LogP contribution in [0.25, 0.3) is 0 Å². The predicted molar refractivity (Wildman–Crippen MR) is 131 cm³/mol. The number of para-hydroxylation sites is 1. The summed E-state index contributed by atoms with van der Waals surface area (Å²) in [4.78, 5) is 25.6. The predicted octanol–water partition coefficient (Wildman–Crippen LogP) is 4.99. The maximum atomic E-state index is 12.9. The van der Waals surface area contributed by atoms with Gasteiger partial charge in [0.15, 0.2) is 0 Å². The average Bonchev–Trinajstić information content (AvgIpc) is 3.04. The minimum atomic E-state index is -0.305. The van der Waals surface area contributed by atoms with Gasteiger partial charge in [0, 0.05) is 30.4 Å². The summed E-state index contributed by atoms with van der Waals surface area (Å²) in [5.74, 6) is 0.698. The van der Waals surface area contributed by atoms with Gasteiger partial charge in [-0.05, 0) is 56.0 Å². The minimum absolute atomic E-state index is 0.146. The molecular formula is C26H32N4O3. The summed E-state index contributed by atoms with van der Waals surface area (Å²) < 4.78 is 7.22. The van der Waals surface area contributed by atoms with E-state index in [0.717, 1.165) is 23.5 Å². The summed E-state index contributed by atoms with van der Waals surface area (Å²) in [5, 5.41) is 10.4. The van der Waals surface area contributed by atoms with Crippen molar-refractivity contribution in [2.75, 3.05) is 17.7 Å². The van der Waals surface area contributed by atoms with E-state index in [9.17, 15) is 9.59 Å². The molecule has 7 heteroatoms. The topological polar surface area (TPSA) is 85.2 Å². The molecule has 174 valence electrons. The zero-order chi connectivity index (χ0) is 24.0. The molecule has 33 heavy (non-hydrogen) atoms. The highest BCUT2D eigenvalue weighted by Crippen LogP contribution is 2.21. The van der Waals surface area contributed by atoms with Gasteiger partial charge in [-0.3, -0.25) is 14.3 Å². The van der Waals surface area contributed by atoms with Crippen molar-refractivity contribution in [3.05, 3.63) is 71.0 Å². The number of anilines is 2. The Bertz CT molecular complexity index is 1130. The lowest BCUT2D eigenvalue weighted by molar-refractivity contribution is -0.116. The van der Waals surface area contributed by atoms with Gasteiger partial charge in [-0.15, -0.1) is 0 Å². The van der Waals surface area contributed by atoms with E-state index in [4.69, 9.17) is 4.74 Å². The van der Waals surface area contributed by atoms with Crippen molar-refractivity contribution in [1.29, 1.82) is 0 Å². The number of methoxy groups -OCH3 is 1. The molecule has 7 nitrogen and oxygen atoms in total. The Balaban J connectivity index is 1.66. The van der Waals surface area contributed by atoms with Crippen molar-refractivity contribution < 1.29 is 14.3 Å². The van der Waals surface area contributed by atoms with Crippen molar-refractivity contribution in [2.24, 2.45) is 5.92 Å². The summed E-state index contributed by atoms with van der Waals surface area (Å²) in [5.41, 5.74) is 4.66.